The minimum Gasteiger partial charge on any atom is -0.311 e. The molecule has 0 fully saturated rings. The molecule has 2 aromatic heterocycles. The molecule has 2 heterocycles. The van der Waals surface area contributed by atoms with Gasteiger partial charge in [0.2, 0.25) is 5.91 Å². The maximum absolute atomic E-state index is 12.6. The fraction of sp³-hybridized carbons (Fsp3) is 0.136. The third-order valence-corrected chi connectivity index (χ3v) is 6.13. The number of benzene rings is 2. The molecule has 29 heavy (non-hydrogen) atoms. The Bertz CT molecular complexity index is 1150. The summed E-state index contributed by atoms with van der Waals surface area (Å²) < 4.78 is 2.79. The molecule has 0 saturated heterocycles. The Morgan fingerprint density at radius 3 is 2.86 bits per heavy atom. The molecule has 5 nitrogen and oxygen atoms in total. The maximum atomic E-state index is 12.6. The zero-order valence-electron chi connectivity index (χ0n) is 15.8. The minimum absolute atomic E-state index is 0.111. The van der Waals surface area contributed by atoms with Crippen LogP contribution in [0.3, 0.4) is 0 Å². The highest BCUT2D eigenvalue weighted by atomic mass is 79.9. The molecule has 4 aromatic rings. The number of halogens is 1. The lowest BCUT2D eigenvalue weighted by Crippen LogP contribution is -2.18. The summed E-state index contributed by atoms with van der Waals surface area (Å²) in [5.41, 5.74) is 4.12. The number of aryl methyl sites for hydroxylation is 1. The van der Waals surface area contributed by atoms with Crippen LogP contribution in [0.5, 0.6) is 0 Å². The Labute approximate surface area is 181 Å². The van der Waals surface area contributed by atoms with E-state index in [1.54, 1.807) is 28.3 Å². The summed E-state index contributed by atoms with van der Waals surface area (Å²) in [5.74, 6) is 0.555. The number of carbonyl (C=O) groups is 1. The molecule has 1 amide bonds. The van der Waals surface area contributed by atoms with Crippen molar-refractivity contribution in [1.29, 1.82) is 0 Å². The molecule has 0 saturated carbocycles. The normalized spacial score (nSPS) is 10.8. The molecule has 0 aliphatic rings. The van der Waals surface area contributed by atoms with Gasteiger partial charge in [-0.2, -0.15) is 5.10 Å². The largest absolute Gasteiger partial charge is 0.311 e. The van der Waals surface area contributed by atoms with Crippen molar-refractivity contribution < 1.29 is 4.79 Å². The smallest absolute Gasteiger partial charge is 0.231 e. The van der Waals surface area contributed by atoms with Gasteiger partial charge in [0, 0.05) is 21.5 Å². The van der Waals surface area contributed by atoms with Crippen LogP contribution >= 0.6 is 27.3 Å². The Balaban J connectivity index is 1.42. The van der Waals surface area contributed by atoms with Crippen molar-refractivity contribution in [3.63, 3.8) is 0 Å². The van der Waals surface area contributed by atoms with Gasteiger partial charge >= 0.3 is 0 Å². The van der Waals surface area contributed by atoms with Crippen molar-refractivity contribution >= 4 is 39.0 Å². The molecule has 0 bridgehead atoms. The zero-order chi connectivity index (χ0) is 20.2. The van der Waals surface area contributed by atoms with E-state index in [0.29, 0.717) is 12.4 Å². The third kappa shape index (κ3) is 4.81. The van der Waals surface area contributed by atoms with Crippen molar-refractivity contribution in [3.8, 4) is 10.6 Å². The van der Waals surface area contributed by atoms with Crippen LogP contribution < -0.4 is 5.32 Å². The number of thiazole rings is 1. The van der Waals surface area contributed by atoms with E-state index in [9.17, 15) is 4.79 Å². The topological polar surface area (TPSA) is 59.8 Å². The number of amides is 1. The summed E-state index contributed by atoms with van der Waals surface area (Å²) in [5, 5.41) is 10.1. The van der Waals surface area contributed by atoms with Crippen LogP contribution in [0.1, 0.15) is 16.8 Å². The number of carbonyl (C=O) groups excluding carboxylic acids is 1. The second kappa shape index (κ2) is 8.71. The predicted molar refractivity (Wildman–Crippen MR) is 120 cm³/mol. The van der Waals surface area contributed by atoms with Crippen molar-refractivity contribution in [2.24, 2.45) is 0 Å². The van der Waals surface area contributed by atoms with E-state index in [1.807, 2.05) is 41.8 Å². The molecule has 0 spiro atoms. The monoisotopic (exact) mass is 466 g/mol. The highest BCUT2D eigenvalue weighted by Crippen LogP contribution is 2.25. The summed E-state index contributed by atoms with van der Waals surface area (Å²) in [7, 11) is 0. The molecule has 0 unspecified atom stereocenters. The first-order valence-corrected chi connectivity index (χ1v) is 10.8. The van der Waals surface area contributed by atoms with Gasteiger partial charge in [-0.15, -0.1) is 11.3 Å². The quantitative estimate of drug-likeness (QED) is 0.418. The van der Waals surface area contributed by atoms with E-state index in [0.717, 1.165) is 26.3 Å². The highest BCUT2D eigenvalue weighted by molar-refractivity contribution is 9.10. The first-order valence-electron chi connectivity index (χ1n) is 9.15. The lowest BCUT2D eigenvalue weighted by molar-refractivity contribution is -0.115. The zero-order valence-corrected chi connectivity index (χ0v) is 18.2. The molecule has 1 N–H and O–H groups in total. The van der Waals surface area contributed by atoms with Crippen LogP contribution in [0.25, 0.3) is 10.6 Å². The Morgan fingerprint density at radius 2 is 2.03 bits per heavy atom. The number of nitrogens with one attached hydrogen (secondary N) is 1. The average Bonchev–Trinajstić information content (AvgIpc) is 3.33. The number of rotatable bonds is 6. The van der Waals surface area contributed by atoms with Gasteiger partial charge in [-0.3, -0.25) is 4.79 Å². The molecule has 0 atom stereocenters. The van der Waals surface area contributed by atoms with Gasteiger partial charge in [0.25, 0.3) is 0 Å². The van der Waals surface area contributed by atoms with Crippen LogP contribution in [-0.4, -0.2) is 20.7 Å². The van der Waals surface area contributed by atoms with Crippen molar-refractivity contribution in [2.75, 3.05) is 5.32 Å². The molecule has 0 radical (unpaired) electrons. The SMILES string of the molecule is Cc1cccc(-c2nc(CC(=O)Nc3ccnn3Cc3ccccc3Br)cs2)c1. The molecule has 4 rings (SSSR count). The molecular formula is C22H19BrN4OS. The van der Waals surface area contributed by atoms with Gasteiger partial charge in [0.1, 0.15) is 10.8 Å². The Kier molecular flexibility index (Phi) is 5.87. The van der Waals surface area contributed by atoms with Crippen LogP contribution in [0.15, 0.2) is 70.6 Å². The van der Waals surface area contributed by atoms with Crippen molar-refractivity contribution in [2.45, 2.75) is 19.9 Å². The van der Waals surface area contributed by atoms with Gasteiger partial charge in [-0.05, 0) is 24.6 Å². The van der Waals surface area contributed by atoms with Crippen molar-refractivity contribution in [1.82, 2.24) is 14.8 Å². The van der Waals surface area contributed by atoms with Gasteiger partial charge in [-0.25, -0.2) is 9.67 Å². The molecular weight excluding hydrogens is 448 g/mol. The summed E-state index contributed by atoms with van der Waals surface area (Å²) in [6.07, 6.45) is 1.91. The first kappa shape index (κ1) is 19.5. The second-order valence-electron chi connectivity index (χ2n) is 6.70. The lowest BCUT2D eigenvalue weighted by Gasteiger charge is -2.10. The van der Waals surface area contributed by atoms with E-state index in [-0.39, 0.29) is 12.3 Å². The van der Waals surface area contributed by atoms with Crippen LogP contribution in [0.4, 0.5) is 5.82 Å². The summed E-state index contributed by atoms with van der Waals surface area (Å²) >= 11 is 5.11. The van der Waals surface area contributed by atoms with Crippen LogP contribution in [0, 0.1) is 6.92 Å². The van der Waals surface area contributed by atoms with Crippen LogP contribution in [-0.2, 0) is 17.8 Å². The lowest BCUT2D eigenvalue weighted by atomic mass is 10.1. The van der Waals surface area contributed by atoms with Crippen molar-refractivity contribution in [3.05, 3.63) is 87.5 Å². The molecule has 0 aliphatic carbocycles. The minimum atomic E-state index is -0.111. The molecule has 2 aromatic carbocycles. The van der Waals surface area contributed by atoms with Crippen LogP contribution in [0.2, 0.25) is 0 Å². The van der Waals surface area contributed by atoms with E-state index < -0.39 is 0 Å². The van der Waals surface area contributed by atoms with E-state index in [2.05, 4.69) is 50.4 Å². The van der Waals surface area contributed by atoms with E-state index >= 15 is 0 Å². The van der Waals surface area contributed by atoms with Gasteiger partial charge in [0.15, 0.2) is 0 Å². The predicted octanol–water partition coefficient (Wildman–Crippen LogP) is 5.31. The summed E-state index contributed by atoms with van der Waals surface area (Å²) in [4.78, 5) is 17.2. The van der Waals surface area contributed by atoms with E-state index in [1.165, 1.54) is 5.56 Å². The number of hydrogen-bond acceptors (Lipinski definition) is 4. The number of nitrogens with zero attached hydrogens (tertiary/aromatic N) is 3. The molecule has 0 aliphatic heterocycles. The Hall–Kier alpha value is -2.77. The highest BCUT2D eigenvalue weighted by Gasteiger charge is 2.12. The number of anilines is 1. The second-order valence-corrected chi connectivity index (χ2v) is 8.42. The fourth-order valence-corrected chi connectivity index (χ4v) is 4.23. The van der Waals surface area contributed by atoms with E-state index in [4.69, 9.17) is 0 Å². The number of aromatic nitrogens is 3. The average molecular weight is 467 g/mol. The summed E-state index contributed by atoms with van der Waals surface area (Å²) in [6, 6.07) is 18.0. The third-order valence-electron chi connectivity index (χ3n) is 4.42. The van der Waals surface area contributed by atoms with Gasteiger partial charge < -0.3 is 5.32 Å². The fourth-order valence-electron chi connectivity index (χ4n) is 3.00. The standard InChI is InChI=1S/C22H19BrN4OS/c1-15-5-4-7-16(11-15)22-25-18(14-29-22)12-21(28)26-20-9-10-24-27(20)13-17-6-2-3-8-19(17)23/h2-11,14H,12-13H2,1H3,(H,26,28). The maximum Gasteiger partial charge on any atom is 0.231 e. The van der Waals surface area contributed by atoms with Gasteiger partial charge in [0.05, 0.1) is 24.9 Å². The molecule has 7 heteroatoms. The van der Waals surface area contributed by atoms with Gasteiger partial charge in [-0.1, -0.05) is 57.9 Å². The number of hydrogen-bond donors (Lipinski definition) is 1. The summed E-state index contributed by atoms with van der Waals surface area (Å²) in [6.45, 7) is 2.63. The Morgan fingerprint density at radius 1 is 1.17 bits per heavy atom. The molecule has 146 valence electrons. The first-order chi connectivity index (χ1) is 14.1.